The van der Waals surface area contributed by atoms with Crippen LogP contribution in [0.4, 0.5) is 0 Å². The average Bonchev–Trinajstić information content (AvgIpc) is 2.73. The molecule has 0 saturated carbocycles. The molecule has 0 fully saturated rings. The summed E-state index contributed by atoms with van der Waals surface area (Å²) in [6, 6.07) is 3.84. The molecule has 18 heavy (non-hydrogen) atoms. The van der Waals surface area contributed by atoms with E-state index in [-0.39, 0.29) is 18.3 Å². The van der Waals surface area contributed by atoms with E-state index in [0.717, 1.165) is 23.1 Å². The van der Waals surface area contributed by atoms with Crippen molar-refractivity contribution in [2.75, 3.05) is 20.1 Å². The Labute approximate surface area is 112 Å². The third-order valence-corrected chi connectivity index (χ3v) is 2.58. The molecule has 0 aliphatic heterocycles. The van der Waals surface area contributed by atoms with Crippen molar-refractivity contribution in [3.05, 3.63) is 30.1 Å². The van der Waals surface area contributed by atoms with Gasteiger partial charge in [0.1, 0.15) is 5.65 Å². The predicted octanol–water partition coefficient (Wildman–Crippen LogP) is 0.863. The summed E-state index contributed by atoms with van der Waals surface area (Å²) < 4.78 is 0. The summed E-state index contributed by atoms with van der Waals surface area (Å²) in [5, 5.41) is 6.84. The van der Waals surface area contributed by atoms with Gasteiger partial charge in [-0.1, -0.05) is 0 Å². The van der Waals surface area contributed by atoms with Crippen LogP contribution in [-0.2, 0) is 11.2 Å². The average molecular weight is 269 g/mol. The lowest BCUT2D eigenvalue weighted by molar-refractivity contribution is -0.120. The van der Waals surface area contributed by atoms with Crippen molar-refractivity contribution in [3.63, 3.8) is 0 Å². The van der Waals surface area contributed by atoms with Crippen LogP contribution in [-0.4, -0.2) is 36.0 Å². The fraction of sp³-hybridized carbons (Fsp3) is 0.333. The Kier molecular flexibility index (Phi) is 5.61. The van der Waals surface area contributed by atoms with Gasteiger partial charge in [0.25, 0.3) is 0 Å². The molecule has 98 valence electrons. The normalized spacial score (nSPS) is 10.1. The third kappa shape index (κ3) is 3.45. The molecule has 0 aliphatic carbocycles. The van der Waals surface area contributed by atoms with Gasteiger partial charge in [-0.25, -0.2) is 4.98 Å². The van der Waals surface area contributed by atoms with Gasteiger partial charge >= 0.3 is 0 Å². The number of halogens is 1. The van der Waals surface area contributed by atoms with Crippen molar-refractivity contribution >= 4 is 29.3 Å². The first-order chi connectivity index (χ1) is 8.31. The van der Waals surface area contributed by atoms with Crippen molar-refractivity contribution in [2.45, 2.75) is 6.42 Å². The molecule has 0 bridgehead atoms. The van der Waals surface area contributed by atoms with E-state index in [1.807, 2.05) is 25.4 Å². The van der Waals surface area contributed by atoms with E-state index < -0.39 is 0 Å². The molecule has 0 aliphatic rings. The van der Waals surface area contributed by atoms with Crippen LogP contribution in [0.15, 0.2) is 24.5 Å². The van der Waals surface area contributed by atoms with Crippen LogP contribution in [0.5, 0.6) is 0 Å². The Morgan fingerprint density at radius 3 is 3.06 bits per heavy atom. The van der Waals surface area contributed by atoms with Crippen LogP contribution in [0.2, 0.25) is 0 Å². The molecule has 2 rings (SSSR count). The maximum atomic E-state index is 11.7. The second-order valence-electron chi connectivity index (χ2n) is 3.84. The zero-order valence-corrected chi connectivity index (χ0v) is 11.0. The summed E-state index contributed by atoms with van der Waals surface area (Å²) in [5.41, 5.74) is 1.81. The summed E-state index contributed by atoms with van der Waals surface area (Å²) in [6.07, 6.45) is 3.96. The summed E-state index contributed by atoms with van der Waals surface area (Å²) in [6.45, 7) is 1.43. The SMILES string of the molecule is CNCCNC(=O)Cc1c[nH]c2ncccc12.Cl. The summed E-state index contributed by atoms with van der Waals surface area (Å²) in [5.74, 6) is 0.0324. The van der Waals surface area contributed by atoms with E-state index in [0.29, 0.717) is 13.0 Å². The first-order valence-corrected chi connectivity index (χ1v) is 5.63. The highest BCUT2D eigenvalue weighted by Gasteiger charge is 2.08. The van der Waals surface area contributed by atoms with E-state index in [4.69, 9.17) is 0 Å². The molecule has 0 radical (unpaired) electrons. The first-order valence-electron chi connectivity index (χ1n) is 5.63. The highest BCUT2D eigenvalue weighted by Crippen LogP contribution is 2.15. The number of nitrogens with zero attached hydrogens (tertiary/aromatic N) is 1. The molecular weight excluding hydrogens is 252 g/mol. The van der Waals surface area contributed by atoms with Crippen LogP contribution in [0, 0.1) is 0 Å². The van der Waals surface area contributed by atoms with Gasteiger partial charge in [-0.15, -0.1) is 12.4 Å². The second kappa shape index (κ2) is 6.98. The number of pyridine rings is 1. The van der Waals surface area contributed by atoms with Crippen LogP contribution in [0.1, 0.15) is 5.56 Å². The van der Waals surface area contributed by atoms with Gasteiger partial charge in [0, 0.05) is 30.9 Å². The maximum Gasteiger partial charge on any atom is 0.224 e. The molecule has 2 heterocycles. The van der Waals surface area contributed by atoms with Crippen molar-refractivity contribution in [1.82, 2.24) is 20.6 Å². The first kappa shape index (κ1) is 14.5. The van der Waals surface area contributed by atoms with Crippen molar-refractivity contribution in [1.29, 1.82) is 0 Å². The minimum atomic E-state index is 0. The zero-order valence-electron chi connectivity index (χ0n) is 10.2. The van der Waals surface area contributed by atoms with Crippen LogP contribution < -0.4 is 10.6 Å². The molecular formula is C12H17ClN4O. The minimum Gasteiger partial charge on any atom is -0.355 e. The number of H-pyrrole nitrogens is 1. The number of likely N-dealkylation sites (N-methyl/N-ethyl adjacent to an activating group) is 1. The van der Waals surface area contributed by atoms with Crippen molar-refractivity contribution in [3.8, 4) is 0 Å². The largest absolute Gasteiger partial charge is 0.355 e. The van der Waals surface area contributed by atoms with E-state index in [1.54, 1.807) is 6.20 Å². The fourth-order valence-electron chi connectivity index (χ4n) is 1.72. The molecule has 0 aromatic carbocycles. The molecule has 0 atom stereocenters. The molecule has 1 amide bonds. The number of fused-ring (bicyclic) bond motifs is 1. The van der Waals surface area contributed by atoms with Gasteiger partial charge in [-0.2, -0.15) is 0 Å². The number of nitrogens with one attached hydrogen (secondary N) is 3. The fourth-order valence-corrected chi connectivity index (χ4v) is 1.72. The van der Waals surface area contributed by atoms with Crippen LogP contribution in [0.3, 0.4) is 0 Å². The maximum absolute atomic E-state index is 11.7. The van der Waals surface area contributed by atoms with Gasteiger partial charge in [0.2, 0.25) is 5.91 Å². The van der Waals surface area contributed by atoms with Crippen molar-refractivity contribution in [2.24, 2.45) is 0 Å². The summed E-state index contributed by atoms with van der Waals surface area (Å²) in [7, 11) is 1.86. The molecule has 2 aromatic rings. The summed E-state index contributed by atoms with van der Waals surface area (Å²) >= 11 is 0. The van der Waals surface area contributed by atoms with Crippen molar-refractivity contribution < 1.29 is 4.79 Å². The smallest absolute Gasteiger partial charge is 0.224 e. The predicted molar refractivity (Wildman–Crippen MR) is 74.0 cm³/mol. The number of hydrogen-bond donors (Lipinski definition) is 3. The van der Waals surface area contributed by atoms with Crippen LogP contribution >= 0.6 is 12.4 Å². The van der Waals surface area contributed by atoms with E-state index in [2.05, 4.69) is 20.6 Å². The minimum absolute atomic E-state index is 0. The Bertz CT molecular complexity index is 512. The number of aromatic amines is 1. The standard InChI is InChI=1S/C12H16N4O.ClH/c1-13-5-6-14-11(17)7-9-8-16-12-10(9)3-2-4-15-12;/h2-4,8,13H,5-7H2,1H3,(H,14,17)(H,15,16);1H. The van der Waals surface area contributed by atoms with Gasteiger partial charge in [-0.3, -0.25) is 4.79 Å². The van der Waals surface area contributed by atoms with Crippen LogP contribution in [0.25, 0.3) is 11.0 Å². The third-order valence-electron chi connectivity index (χ3n) is 2.58. The molecule has 3 N–H and O–H groups in total. The van der Waals surface area contributed by atoms with Gasteiger partial charge in [0.15, 0.2) is 0 Å². The Morgan fingerprint density at radius 1 is 1.44 bits per heavy atom. The zero-order chi connectivity index (χ0) is 12.1. The van der Waals surface area contributed by atoms with E-state index in [1.165, 1.54) is 0 Å². The summed E-state index contributed by atoms with van der Waals surface area (Å²) in [4.78, 5) is 18.9. The molecule has 2 aromatic heterocycles. The van der Waals surface area contributed by atoms with E-state index in [9.17, 15) is 4.79 Å². The van der Waals surface area contributed by atoms with Gasteiger partial charge < -0.3 is 15.6 Å². The highest BCUT2D eigenvalue weighted by atomic mass is 35.5. The van der Waals surface area contributed by atoms with Gasteiger partial charge in [-0.05, 0) is 24.7 Å². The topological polar surface area (TPSA) is 69.8 Å². The Hall–Kier alpha value is -1.59. The quantitative estimate of drug-likeness (QED) is 0.705. The number of aromatic nitrogens is 2. The molecule has 6 heteroatoms. The number of amides is 1. The number of rotatable bonds is 5. The lowest BCUT2D eigenvalue weighted by Crippen LogP contribution is -2.31. The molecule has 0 spiro atoms. The molecule has 0 saturated heterocycles. The lowest BCUT2D eigenvalue weighted by Gasteiger charge is -2.03. The number of carbonyl (C=O) groups excluding carboxylic acids is 1. The highest BCUT2D eigenvalue weighted by molar-refractivity contribution is 5.87. The van der Waals surface area contributed by atoms with E-state index >= 15 is 0 Å². The monoisotopic (exact) mass is 268 g/mol. The lowest BCUT2D eigenvalue weighted by atomic mass is 10.1. The second-order valence-corrected chi connectivity index (χ2v) is 3.84. The Balaban J connectivity index is 0.00000162. The van der Waals surface area contributed by atoms with Gasteiger partial charge in [0.05, 0.1) is 6.42 Å². The molecule has 5 nitrogen and oxygen atoms in total. The molecule has 0 unspecified atom stereocenters. The number of hydrogen-bond acceptors (Lipinski definition) is 3. The number of carbonyl (C=O) groups is 1. The Morgan fingerprint density at radius 2 is 2.28 bits per heavy atom.